The zero-order valence-electron chi connectivity index (χ0n) is 9.95. The second-order valence-corrected chi connectivity index (χ2v) is 6.71. The molecule has 1 rings (SSSR count). The molecule has 1 aliphatic rings. The molecule has 2 unspecified atom stereocenters. The summed E-state index contributed by atoms with van der Waals surface area (Å²) in [6.07, 6.45) is 0.548. The molecule has 6 heteroatoms. The fourth-order valence-electron chi connectivity index (χ4n) is 1.95. The topological polar surface area (TPSA) is 72.5 Å². The van der Waals surface area contributed by atoms with Crippen LogP contribution < -0.4 is 5.32 Å². The van der Waals surface area contributed by atoms with Crippen LogP contribution >= 0.6 is 0 Å². The first-order valence-electron chi connectivity index (χ1n) is 5.37. The SMILES string of the molecule is CCC(OC)C(=O)NC1(C)CCS(=O)(=O)C1. The molecule has 1 heterocycles. The lowest BCUT2D eigenvalue weighted by molar-refractivity contribution is -0.132. The largest absolute Gasteiger partial charge is 0.372 e. The molecule has 16 heavy (non-hydrogen) atoms. The molecule has 1 amide bonds. The van der Waals surface area contributed by atoms with E-state index >= 15 is 0 Å². The summed E-state index contributed by atoms with van der Waals surface area (Å²) in [5, 5.41) is 2.77. The summed E-state index contributed by atoms with van der Waals surface area (Å²) in [5.74, 6) is -0.0657. The van der Waals surface area contributed by atoms with Crippen LogP contribution in [0, 0.1) is 0 Å². The summed E-state index contributed by atoms with van der Waals surface area (Å²) >= 11 is 0. The van der Waals surface area contributed by atoms with E-state index in [0.29, 0.717) is 12.8 Å². The molecule has 1 saturated heterocycles. The Hall–Kier alpha value is -0.620. The molecule has 2 atom stereocenters. The predicted octanol–water partition coefficient (Wildman–Crippen LogP) is 0.105. The smallest absolute Gasteiger partial charge is 0.249 e. The molecule has 0 aromatic carbocycles. The first kappa shape index (κ1) is 13.4. The highest BCUT2D eigenvalue weighted by atomic mass is 32.2. The van der Waals surface area contributed by atoms with E-state index in [2.05, 4.69) is 5.32 Å². The Morgan fingerprint density at radius 2 is 2.19 bits per heavy atom. The summed E-state index contributed by atoms with van der Waals surface area (Å²) in [5.41, 5.74) is -0.637. The van der Waals surface area contributed by atoms with Crippen molar-refractivity contribution < 1.29 is 17.9 Å². The van der Waals surface area contributed by atoms with Gasteiger partial charge in [-0.1, -0.05) is 6.92 Å². The van der Waals surface area contributed by atoms with Crippen LogP contribution in [0.1, 0.15) is 26.7 Å². The minimum absolute atomic E-state index is 0.0197. The maximum absolute atomic E-state index is 11.7. The van der Waals surface area contributed by atoms with Crippen molar-refractivity contribution in [2.45, 2.75) is 38.3 Å². The van der Waals surface area contributed by atoms with Crippen molar-refractivity contribution in [1.29, 1.82) is 0 Å². The van der Waals surface area contributed by atoms with Crippen LogP contribution in [0.4, 0.5) is 0 Å². The van der Waals surface area contributed by atoms with E-state index < -0.39 is 21.5 Å². The fraction of sp³-hybridized carbons (Fsp3) is 0.900. The van der Waals surface area contributed by atoms with Crippen LogP contribution in [0.15, 0.2) is 0 Å². The zero-order valence-corrected chi connectivity index (χ0v) is 10.8. The molecule has 1 aliphatic heterocycles. The van der Waals surface area contributed by atoms with Gasteiger partial charge >= 0.3 is 0 Å². The Labute approximate surface area is 96.5 Å². The monoisotopic (exact) mass is 249 g/mol. The van der Waals surface area contributed by atoms with Crippen molar-refractivity contribution in [3.63, 3.8) is 0 Å². The summed E-state index contributed by atoms with van der Waals surface area (Å²) in [6, 6.07) is 0. The van der Waals surface area contributed by atoms with Crippen molar-refractivity contribution >= 4 is 15.7 Å². The summed E-state index contributed by atoms with van der Waals surface area (Å²) in [6.45, 7) is 3.61. The van der Waals surface area contributed by atoms with Gasteiger partial charge in [0.1, 0.15) is 6.10 Å². The quantitative estimate of drug-likeness (QED) is 0.767. The Morgan fingerprint density at radius 1 is 1.56 bits per heavy atom. The Bertz CT molecular complexity index is 361. The molecule has 0 radical (unpaired) electrons. The van der Waals surface area contributed by atoms with E-state index in [4.69, 9.17) is 4.74 Å². The number of carbonyl (C=O) groups excluding carboxylic acids is 1. The Balaban J connectivity index is 2.64. The normalized spacial score (nSPS) is 29.9. The standard InChI is InChI=1S/C10H19NO4S/c1-4-8(15-3)9(12)11-10(2)5-6-16(13,14)7-10/h8H,4-7H2,1-3H3,(H,11,12). The fourth-order valence-corrected chi connectivity index (χ4v) is 4.04. The second-order valence-electron chi connectivity index (χ2n) is 4.52. The number of amides is 1. The molecule has 1 fully saturated rings. The van der Waals surface area contributed by atoms with Gasteiger partial charge < -0.3 is 10.1 Å². The van der Waals surface area contributed by atoms with Crippen LogP contribution in [0.3, 0.4) is 0 Å². The van der Waals surface area contributed by atoms with E-state index in [1.807, 2.05) is 6.92 Å². The lowest BCUT2D eigenvalue weighted by atomic mass is 10.0. The highest BCUT2D eigenvalue weighted by Gasteiger charge is 2.40. The van der Waals surface area contributed by atoms with E-state index in [-0.39, 0.29) is 17.4 Å². The number of sulfone groups is 1. The van der Waals surface area contributed by atoms with Gasteiger partial charge in [-0.05, 0) is 19.8 Å². The second kappa shape index (κ2) is 4.71. The van der Waals surface area contributed by atoms with Gasteiger partial charge in [0, 0.05) is 7.11 Å². The average Bonchev–Trinajstić information content (AvgIpc) is 2.42. The molecule has 5 nitrogen and oxygen atoms in total. The number of methoxy groups -OCH3 is 1. The van der Waals surface area contributed by atoms with Gasteiger partial charge in [-0.15, -0.1) is 0 Å². The van der Waals surface area contributed by atoms with Gasteiger partial charge in [-0.2, -0.15) is 0 Å². The Kier molecular flexibility index (Phi) is 3.96. The molecule has 0 aromatic rings. The van der Waals surface area contributed by atoms with Gasteiger partial charge in [0.2, 0.25) is 5.91 Å². The molecular formula is C10H19NO4S. The summed E-state index contributed by atoms with van der Waals surface area (Å²) < 4.78 is 27.7. The third kappa shape index (κ3) is 3.18. The van der Waals surface area contributed by atoms with Gasteiger partial charge in [-0.25, -0.2) is 8.42 Å². The lowest BCUT2D eigenvalue weighted by Gasteiger charge is -2.26. The van der Waals surface area contributed by atoms with Gasteiger partial charge in [-0.3, -0.25) is 4.79 Å². The number of hydrogen-bond donors (Lipinski definition) is 1. The third-order valence-corrected chi connectivity index (χ3v) is 4.78. The number of nitrogens with one attached hydrogen (secondary N) is 1. The lowest BCUT2D eigenvalue weighted by Crippen LogP contribution is -2.50. The van der Waals surface area contributed by atoms with E-state index in [9.17, 15) is 13.2 Å². The van der Waals surface area contributed by atoms with Crippen molar-refractivity contribution in [3.05, 3.63) is 0 Å². The highest BCUT2D eigenvalue weighted by Crippen LogP contribution is 2.23. The average molecular weight is 249 g/mol. The number of rotatable bonds is 4. The molecule has 0 saturated carbocycles. The van der Waals surface area contributed by atoms with Crippen LogP contribution in [-0.4, -0.2) is 44.6 Å². The first-order valence-corrected chi connectivity index (χ1v) is 7.19. The molecule has 0 bridgehead atoms. The van der Waals surface area contributed by atoms with Crippen LogP contribution in [-0.2, 0) is 19.4 Å². The predicted molar refractivity (Wildman–Crippen MR) is 60.9 cm³/mol. The maximum atomic E-state index is 11.7. The highest BCUT2D eigenvalue weighted by molar-refractivity contribution is 7.91. The van der Waals surface area contributed by atoms with Gasteiger partial charge in [0.15, 0.2) is 9.84 Å². The van der Waals surface area contributed by atoms with Crippen molar-refractivity contribution in [3.8, 4) is 0 Å². The van der Waals surface area contributed by atoms with E-state index in [1.165, 1.54) is 7.11 Å². The zero-order chi connectivity index (χ0) is 12.4. The molecular weight excluding hydrogens is 230 g/mol. The van der Waals surface area contributed by atoms with Crippen LogP contribution in [0.25, 0.3) is 0 Å². The molecule has 94 valence electrons. The Morgan fingerprint density at radius 3 is 2.56 bits per heavy atom. The first-order chi connectivity index (χ1) is 7.32. The summed E-state index contributed by atoms with van der Waals surface area (Å²) in [4.78, 5) is 11.7. The van der Waals surface area contributed by atoms with Crippen molar-refractivity contribution in [1.82, 2.24) is 5.32 Å². The third-order valence-electron chi connectivity index (χ3n) is 2.88. The van der Waals surface area contributed by atoms with Gasteiger partial charge in [0.25, 0.3) is 0 Å². The van der Waals surface area contributed by atoms with Crippen molar-refractivity contribution in [2.75, 3.05) is 18.6 Å². The molecule has 0 aromatic heterocycles. The van der Waals surface area contributed by atoms with E-state index in [0.717, 1.165) is 0 Å². The van der Waals surface area contributed by atoms with Crippen LogP contribution in [0.2, 0.25) is 0 Å². The minimum Gasteiger partial charge on any atom is -0.372 e. The molecule has 0 spiro atoms. The van der Waals surface area contributed by atoms with Crippen molar-refractivity contribution in [2.24, 2.45) is 0 Å². The molecule has 1 N–H and O–H groups in total. The van der Waals surface area contributed by atoms with Crippen LogP contribution in [0.5, 0.6) is 0 Å². The van der Waals surface area contributed by atoms with E-state index in [1.54, 1.807) is 6.92 Å². The number of hydrogen-bond acceptors (Lipinski definition) is 4. The number of ether oxygens (including phenoxy) is 1. The van der Waals surface area contributed by atoms with Gasteiger partial charge in [0.05, 0.1) is 17.0 Å². The minimum atomic E-state index is -2.99. The molecule has 0 aliphatic carbocycles. The summed E-state index contributed by atoms with van der Waals surface area (Å²) in [7, 11) is -1.52. The number of carbonyl (C=O) groups is 1. The maximum Gasteiger partial charge on any atom is 0.249 e.